The summed E-state index contributed by atoms with van der Waals surface area (Å²) >= 11 is 0. The molecule has 0 aliphatic carbocycles. The van der Waals surface area contributed by atoms with Crippen LogP contribution in [-0.4, -0.2) is 29.7 Å². The Morgan fingerprint density at radius 3 is 2.11 bits per heavy atom. The van der Waals surface area contributed by atoms with Crippen molar-refractivity contribution in [3.63, 3.8) is 0 Å². The maximum absolute atomic E-state index is 11.7. The summed E-state index contributed by atoms with van der Waals surface area (Å²) in [5.41, 5.74) is 0. The van der Waals surface area contributed by atoms with Gasteiger partial charge in [0, 0.05) is 19.0 Å². The van der Waals surface area contributed by atoms with Gasteiger partial charge in [0.25, 0.3) is 0 Å². The molecular weight excluding hydrogens is 244 g/mol. The van der Waals surface area contributed by atoms with E-state index in [-0.39, 0.29) is 24.4 Å². The van der Waals surface area contributed by atoms with Crippen molar-refractivity contribution >= 4 is 12.0 Å². The van der Waals surface area contributed by atoms with E-state index in [4.69, 9.17) is 5.11 Å². The lowest BCUT2D eigenvalue weighted by molar-refractivity contribution is -0.138. The number of rotatable bonds is 9. The second-order valence-corrected chi connectivity index (χ2v) is 5.09. The van der Waals surface area contributed by atoms with E-state index in [9.17, 15) is 9.59 Å². The van der Waals surface area contributed by atoms with E-state index in [1.54, 1.807) is 0 Å². The Bertz CT molecular complexity index is 278. The third-order valence-corrected chi connectivity index (χ3v) is 3.71. The molecule has 2 unspecified atom stereocenters. The van der Waals surface area contributed by atoms with Crippen LogP contribution in [-0.2, 0) is 4.79 Å². The Morgan fingerprint density at radius 1 is 1.11 bits per heavy atom. The minimum Gasteiger partial charge on any atom is -0.481 e. The van der Waals surface area contributed by atoms with Crippen molar-refractivity contribution in [1.82, 2.24) is 10.6 Å². The summed E-state index contributed by atoms with van der Waals surface area (Å²) in [5.74, 6) is -0.349. The quantitative estimate of drug-likeness (QED) is 0.603. The van der Waals surface area contributed by atoms with Crippen LogP contribution in [0.3, 0.4) is 0 Å². The van der Waals surface area contributed by atoms with Crippen LogP contribution in [0.1, 0.15) is 53.4 Å². The Balaban J connectivity index is 4.06. The average Bonchev–Trinajstić information content (AvgIpc) is 2.35. The van der Waals surface area contributed by atoms with E-state index < -0.39 is 5.97 Å². The topological polar surface area (TPSA) is 78.4 Å². The molecule has 0 rings (SSSR count). The van der Waals surface area contributed by atoms with Crippen LogP contribution in [0.15, 0.2) is 0 Å². The number of hydrogen-bond donors (Lipinski definition) is 3. The van der Waals surface area contributed by atoms with Crippen molar-refractivity contribution in [3.05, 3.63) is 0 Å². The monoisotopic (exact) mass is 272 g/mol. The highest BCUT2D eigenvalue weighted by Crippen LogP contribution is 2.12. The molecule has 0 spiro atoms. The predicted octanol–water partition coefficient (Wildman–Crippen LogP) is 2.61. The van der Waals surface area contributed by atoms with Gasteiger partial charge in [-0.2, -0.15) is 0 Å². The largest absolute Gasteiger partial charge is 0.481 e. The predicted molar refractivity (Wildman–Crippen MR) is 76.1 cm³/mol. The molecule has 0 aromatic heterocycles. The number of carbonyl (C=O) groups is 2. The minimum atomic E-state index is -0.820. The molecule has 0 aromatic carbocycles. The first-order chi connectivity index (χ1) is 8.94. The third kappa shape index (κ3) is 7.70. The van der Waals surface area contributed by atoms with Gasteiger partial charge in [0.2, 0.25) is 0 Å². The molecule has 3 N–H and O–H groups in total. The molecule has 0 fully saturated rings. The van der Waals surface area contributed by atoms with Crippen LogP contribution in [0, 0.1) is 11.8 Å². The van der Waals surface area contributed by atoms with Crippen molar-refractivity contribution in [2.45, 2.75) is 59.4 Å². The summed E-state index contributed by atoms with van der Waals surface area (Å²) in [4.78, 5) is 22.4. The molecule has 0 aromatic rings. The van der Waals surface area contributed by atoms with Crippen molar-refractivity contribution < 1.29 is 14.7 Å². The fourth-order valence-electron chi connectivity index (χ4n) is 2.22. The van der Waals surface area contributed by atoms with Gasteiger partial charge in [0.05, 0.1) is 0 Å². The minimum absolute atomic E-state index is 0.00768. The standard InChI is InChI=1S/C14H28N2O3/c1-5-11(8-13(17)18)9-15-14(19)16-10(4)12(6-2)7-3/h10-12H,5-9H2,1-4H3,(H,17,18)(H2,15,16,19). The second kappa shape index (κ2) is 9.64. The molecule has 2 atom stereocenters. The van der Waals surface area contributed by atoms with Gasteiger partial charge in [0.1, 0.15) is 0 Å². The summed E-state index contributed by atoms with van der Waals surface area (Å²) in [6.07, 6.45) is 2.91. The lowest BCUT2D eigenvalue weighted by Gasteiger charge is -2.23. The van der Waals surface area contributed by atoms with Gasteiger partial charge in [-0.3, -0.25) is 4.79 Å². The van der Waals surface area contributed by atoms with E-state index in [1.165, 1.54) is 0 Å². The van der Waals surface area contributed by atoms with E-state index in [2.05, 4.69) is 24.5 Å². The Kier molecular flexibility index (Phi) is 9.00. The first kappa shape index (κ1) is 17.7. The van der Waals surface area contributed by atoms with Crippen LogP contribution in [0.4, 0.5) is 4.79 Å². The number of aliphatic carboxylic acids is 1. The Labute approximate surface area is 116 Å². The van der Waals surface area contributed by atoms with Crippen molar-refractivity contribution in [2.75, 3.05) is 6.54 Å². The lowest BCUT2D eigenvalue weighted by Crippen LogP contribution is -2.45. The fraction of sp³-hybridized carbons (Fsp3) is 0.857. The van der Waals surface area contributed by atoms with Gasteiger partial charge in [-0.15, -0.1) is 0 Å². The highest BCUT2D eigenvalue weighted by molar-refractivity contribution is 5.74. The fourth-order valence-corrected chi connectivity index (χ4v) is 2.22. The molecule has 0 saturated heterocycles. The molecule has 2 amide bonds. The highest BCUT2D eigenvalue weighted by Gasteiger charge is 2.17. The maximum Gasteiger partial charge on any atom is 0.315 e. The number of carboxylic acid groups (broad SMARTS) is 1. The van der Waals surface area contributed by atoms with Gasteiger partial charge in [-0.1, -0.05) is 40.0 Å². The zero-order valence-electron chi connectivity index (χ0n) is 12.5. The Morgan fingerprint density at radius 2 is 1.68 bits per heavy atom. The van der Waals surface area contributed by atoms with Crippen LogP contribution in [0.5, 0.6) is 0 Å². The van der Waals surface area contributed by atoms with Crippen LogP contribution < -0.4 is 10.6 Å². The van der Waals surface area contributed by atoms with E-state index in [0.717, 1.165) is 19.3 Å². The van der Waals surface area contributed by atoms with Gasteiger partial charge in [0.15, 0.2) is 0 Å². The molecule has 5 heteroatoms. The van der Waals surface area contributed by atoms with E-state index >= 15 is 0 Å². The molecule has 5 nitrogen and oxygen atoms in total. The third-order valence-electron chi connectivity index (χ3n) is 3.71. The zero-order valence-corrected chi connectivity index (χ0v) is 12.5. The second-order valence-electron chi connectivity index (χ2n) is 5.09. The number of amides is 2. The van der Waals surface area contributed by atoms with Gasteiger partial charge < -0.3 is 15.7 Å². The smallest absolute Gasteiger partial charge is 0.315 e. The number of carboxylic acids is 1. The molecule has 0 aliphatic rings. The van der Waals surface area contributed by atoms with E-state index in [1.807, 2.05) is 13.8 Å². The number of carbonyl (C=O) groups excluding carboxylic acids is 1. The van der Waals surface area contributed by atoms with Crippen molar-refractivity contribution in [1.29, 1.82) is 0 Å². The molecule has 0 heterocycles. The molecule has 0 saturated carbocycles. The molecular formula is C14H28N2O3. The molecule has 19 heavy (non-hydrogen) atoms. The number of hydrogen-bond acceptors (Lipinski definition) is 2. The van der Waals surface area contributed by atoms with Crippen LogP contribution in [0.2, 0.25) is 0 Å². The highest BCUT2D eigenvalue weighted by atomic mass is 16.4. The zero-order chi connectivity index (χ0) is 14.8. The summed E-state index contributed by atoms with van der Waals surface area (Å²) in [7, 11) is 0. The normalized spacial score (nSPS) is 13.9. The number of nitrogens with one attached hydrogen (secondary N) is 2. The summed E-state index contributed by atoms with van der Waals surface area (Å²) in [6, 6.07) is -0.0715. The molecule has 0 bridgehead atoms. The maximum atomic E-state index is 11.7. The molecule has 0 aliphatic heterocycles. The molecule has 0 radical (unpaired) electrons. The lowest BCUT2D eigenvalue weighted by atomic mass is 9.96. The van der Waals surface area contributed by atoms with Gasteiger partial charge in [-0.05, 0) is 18.8 Å². The van der Waals surface area contributed by atoms with Crippen LogP contribution >= 0.6 is 0 Å². The SMILES string of the molecule is CCC(CNC(=O)NC(C)C(CC)CC)CC(=O)O. The van der Waals surface area contributed by atoms with E-state index in [0.29, 0.717) is 12.5 Å². The van der Waals surface area contributed by atoms with Gasteiger partial charge in [-0.25, -0.2) is 4.79 Å². The first-order valence-corrected chi connectivity index (χ1v) is 7.20. The van der Waals surface area contributed by atoms with Crippen LogP contribution in [0.25, 0.3) is 0 Å². The number of urea groups is 1. The molecule has 112 valence electrons. The van der Waals surface area contributed by atoms with Gasteiger partial charge >= 0.3 is 12.0 Å². The van der Waals surface area contributed by atoms with Crippen molar-refractivity contribution in [3.8, 4) is 0 Å². The first-order valence-electron chi connectivity index (χ1n) is 7.20. The average molecular weight is 272 g/mol. The summed E-state index contributed by atoms with van der Waals surface area (Å²) in [6.45, 7) is 8.57. The van der Waals surface area contributed by atoms with Crippen molar-refractivity contribution in [2.24, 2.45) is 11.8 Å². The summed E-state index contributed by atoms with van der Waals surface area (Å²) < 4.78 is 0. The Hall–Kier alpha value is -1.26. The summed E-state index contributed by atoms with van der Waals surface area (Å²) in [5, 5.41) is 14.4.